The van der Waals surface area contributed by atoms with Crippen LogP contribution in [0.1, 0.15) is 10.9 Å². The molecule has 0 aliphatic carbocycles. The molecule has 6 heteroatoms. The van der Waals surface area contributed by atoms with E-state index in [4.69, 9.17) is 4.74 Å². The number of halogens is 1. The van der Waals surface area contributed by atoms with Gasteiger partial charge in [-0.05, 0) is 29.8 Å². The molecule has 23 heavy (non-hydrogen) atoms. The van der Waals surface area contributed by atoms with E-state index >= 15 is 0 Å². The van der Waals surface area contributed by atoms with Crippen LogP contribution < -0.4 is 10.1 Å². The van der Waals surface area contributed by atoms with E-state index < -0.39 is 5.82 Å². The van der Waals surface area contributed by atoms with Crippen LogP contribution in [-0.2, 0) is 0 Å². The largest absolute Gasteiger partial charge is 0.497 e. The lowest BCUT2D eigenvalue weighted by molar-refractivity contribution is 0.214. The zero-order valence-corrected chi connectivity index (χ0v) is 13.5. The standard InChI is InChI=1S/C17H17FN2O2S/c1-22-13-6-4-5-12(11-13)16-20(9-10-23-16)17(21)19-15-8-3-2-7-14(15)18/h2-8,11,16H,9-10H2,1H3,(H,19,21)/t16-/m0/s1. The van der Waals surface area contributed by atoms with Crippen LogP contribution >= 0.6 is 11.8 Å². The van der Waals surface area contributed by atoms with Crippen LogP contribution in [0.5, 0.6) is 5.75 Å². The minimum Gasteiger partial charge on any atom is -0.497 e. The third kappa shape index (κ3) is 3.42. The number of benzene rings is 2. The van der Waals surface area contributed by atoms with Crippen molar-refractivity contribution >= 4 is 23.5 Å². The molecule has 4 nitrogen and oxygen atoms in total. The van der Waals surface area contributed by atoms with Crippen molar-refractivity contribution in [3.05, 3.63) is 59.9 Å². The minimum absolute atomic E-state index is 0.100. The second kappa shape index (κ2) is 6.91. The molecule has 0 spiro atoms. The molecule has 1 heterocycles. The normalized spacial score (nSPS) is 17.1. The number of hydrogen-bond acceptors (Lipinski definition) is 3. The topological polar surface area (TPSA) is 41.6 Å². The molecule has 1 fully saturated rings. The number of methoxy groups -OCH3 is 1. The maximum Gasteiger partial charge on any atom is 0.323 e. The number of para-hydroxylation sites is 1. The molecule has 2 amide bonds. The highest BCUT2D eigenvalue weighted by atomic mass is 32.2. The first-order valence-electron chi connectivity index (χ1n) is 7.27. The van der Waals surface area contributed by atoms with Crippen molar-refractivity contribution in [2.24, 2.45) is 0 Å². The Kier molecular flexibility index (Phi) is 4.71. The summed E-state index contributed by atoms with van der Waals surface area (Å²) in [4.78, 5) is 14.2. The number of carbonyl (C=O) groups is 1. The fourth-order valence-electron chi connectivity index (χ4n) is 2.50. The number of anilines is 1. The van der Waals surface area contributed by atoms with Crippen molar-refractivity contribution in [3.63, 3.8) is 0 Å². The van der Waals surface area contributed by atoms with Crippen LogP contribution in [0.4, 0.5) is 14.9 Å². The highest BCUT2D eigenvalue weighted by molar-refractivity contribution is 7.99. The number of carbonyl (C=O) groups excluding carboxylic acids is 1. The Morgan fingerprint density at radius 2 is 2.13 bits per heavy atom. The molecule has 120 valence electrons. The van der Waals surface area contributed by atoms with Crippen LogP contribution in [0.25, 0.3) is 0 Å². The summed E-state index contributed by atoms with van der Waals surface area (Å²) in [5.74, 6) is 1.15. The first-order valence-corrected chi connectivity index (χ1v) is 8.31. The van der Waals surface area contributed by atoms with Gasteiger partial charge in [0.1, 0.15) is 16.9 Å². The smallest absolute Gasteiger partial charge is 0.323 e. The molecular weight excluding hydrogens is 315 g/mol. The second-order valence-electron chi connectivity index (χ2n) is 5.10. The van der Waals surface area contributed by atoms with Gasteiger partial charge < -0.3 is 15.0 Å². The van der Waals surface area contributed by atoms with E-state index in [1.807, 2.05) is 24.3 Å². The summed E-state index contributed by atoms with van der Waals surface area (Å²) in [6.07, 6.45) is 0. The highest BCUT2D eigenvalue weighted by Crippen LogP contribution is 2.39. The zero-order chi connectivity index (χ0) is 16.2. The molecule has 1 N–H and O–H groups in total. The number of nitrogens with zero attached hydrogens (tertiary/aromatic N) is 1. The third-order valence-corrected chi connectivity index (χ3v) is 4.91. The molecule has 0 unspecified atom stereocenters. The Hall–Kier alpha value is -2.21. The predicted octanol–water partition coefficient (Wildman–Crippen LogP) is 4.11. The fraction of sp³-hybridized carbons (Fsp3) is 0.235. The average Bonchev–Trinajstić information content (AvgIpc) is 3.07. The minimum atomic E-state index is -0.439. The Labute approximate surface area is 138 Å². The number of amides is 2. The molecule has 1 atom stereocenters. The number of ether oxygens (including phenoxy) is 1. The lowest BCUT2D eigenvalue weighted by Crippen LogP contribution is -2.34. The molecule has 0 aromatic heterocycles. The van der Waals surface area contributed by atoms with Gasteiger partial charge in [-0.1, -0.05) is 24.3 Å². The molecule has 1 aliphatic rings. The lowest BCUT2D eigenvalue weighted by Gasteiger charge is -2.24. The van der Waals surface area contributed by atoms with E-state index in [1.165, 1.54) is 6.07 Å². The number of nitrogens with one attached hydrogen (secondary N) is 1. The Bertz CT molecular complexity index is 710. The molecule has 0 saturated carbocycles. The first-order chi connectivity index (χ1) is 11.2. The molecule has 1 aliphatic heterocycles. The summed E-state index contributed by atoms with van der Waals surface area (Å²) in [6, 6.07) is 13.5. The SMILES string of the molecule is COc1cccc([C@@H]2SCCN2C(=O)Nc2ccccc2F)c1. The van der Waals surface area contributed by atoms with Gasteiger partial charge in [0, 0.05) is 12.3 Å². The summed E-state index contributed by atoms with van der Waals surface area (Å²) in [5, 5.41) is 2.55. The average molecular weight is 332 g/mol. The molecule has 0 bridgehead atoms. The number of rotatable bonds is 3. The van der Waals surface area contributed by atoms with Crippen LogP contribution in [0.3, 0.4) is 0 Å². The highest BCUT2D eigenvalue weighted by Gasteiger charge is 2.31. The van der Waals surface area contributed by atoms with Crippen molar-refractivity contribution in [2.75, 3.05) is 24.7 Å². The molecule has 3 rings (SSSR count). The number of urea groups is 1. The predicted molar refractivity (Wildman–Crippen MR) is 90.3 cm³/mol. The Morgan fingerprint density at radius 1 is 1.30 bits per heavy atom. The van der Waals surface area contributed by atoms with Gasteiger partial charge in [-0.2, -0.15) is 0 Å². The molecule has 2 aromatic carbocycles. The summed E-state index contributed by atoms with van der Waals surface area (Å²) >= 11 is 1.68. The third-order valence-electron chi connectivity index (χ3n) is 3.65. The van der Waals surface area contributed by atoms with Crippen molar-refractivity contribution in [1.29, 1.82) is 0 Å². The van der Waals surface area contributed by atoms with Gasteiger partial charge >= 0.3 is 6.03 Å². The summed E-state index contributed by atoms with van der Waals surface area (Å²) in [7, 11) is 1.61. The van der Waals surface area contributed by atoms with Gasteiger partial charge in [-0.25, -0.2) is 9.18 Å². The van der Waals surface area contributed by atoms with Gasteiger partial charge in [0.25, 0.3) is 0 Å². The molecule has 2 aromatic rings. The quantitative estimate of drug-likeness (QED) is 0.919. The van der Waals surface area contributed by atoms with Gasteiger partial charge in [0.2, 0.25) is 0 Å². The van der Waals surface area contributed by atoms with E-state index in [0.29, 0.717) is 6.54 Å². The van der Waals surface area contributed by atoms with Gasteiger partial charge in [0.15, 0.2) is 0 Å². The maximum atomic E-state index is 13.7. The van der Waals surface area contributed by atoms with Crippen molar-refractivity contribution in [2.45, 2.75) is 5.37 Å². The van der Waals surface area contributed by atoms with E-state index in [0.717, 1.165) is 17.1 Å². The Balaban J connectivity index is 1.78. The van der Waals surface area contributed by atoms with Crippen LogP contribution in [-0.4, -0.2) is 30.3 Å². The maximum absolute atomic E-state index is 13.7. The molecular formula is C17H17FN2O2S. The van der Waals surface area contributed by atoms with Crippen molar-refractivity contribution in [3.8, 4) is 5.75 Å². The van der Waals surface area contributed by atoms with E-state index in [9.17, 15) is 9.18 Å². The lowest BCUT2D eigenvalue weighted by atomic mass is 10.2. The summed E-state index contributed by atoms with van der Waals surface area (Å²) in [6.45, 7) is 0.618. The number of thioether (sulfide) groups is 1. The fourth-order valence-corrected chi connectivity index (χ4v) is 3.74. The van der Waals surface area contributed by atoms with E-state index in [1.54, 1.807) is 42.0 Å². The van der Waals surface area contributed by atoms with Crippen LogP contribution in [0.15, 0.2) is 48.5 Å². The van der Waals surface area contributed by atoms with E-state index in [2.05, 4.69) is 5.32 Å². The van der Waals surface area contributed by atoms with Crippen LogP contribution in [0.2, 0.25) is 0 Å². The zero-order valence-electron chi connectivity index (χ0n) is 12.7. The van der Waals surface area contributed by atoms with E-state index in [-0.39, 0.29) is 17.1 Å². The number of hydrogen-bond donors (Lipinski definition) is 1. The van der Waals surface area contributed by atoms with Gasteiger partial charge in [0.05, 0.1) is 12.8 Å². The summed E-state index contributed by atoms with van der Waals surface area (Å²) < 4.78 is 18.9. The molecule has 0 radical (unpaired) electrons. The van der Waals surface area contributed by atoms with Crippen molar-refractivity contribution in [1.82, 2.24) is 4.90 Å². The summed E-state index contributed by atoms with van der Waals surface area (Å²) in [5.41, 5.74) is 1.19. The van der Waals surface area contributed by atoms with Crippen molar-refractivity contribution < 1.29 is 13.9 Å². The van der Waals surface area contributed by atoms with Gasteiger partial charge in [-0.15, -0.1) is 11.8 Å². The van der Waals surface area contributed by atoms with Crippen LogP contribution in [0, 0.1) is 5.82 Å². The first kappa shape index (κ1) is 15.7. The van der Waals surface area contributed by atoms with Gasteiger partial charge in [-0.3, -0.25) is 0 Å². The Morgan fingerprint density at radius 3 is 2.91 bits per heavy atom. The second-order valence-corrected chi connectivity index (χ2v) is 6.29. The molecule has 1 saturated heterocycles. The monoisotopic (exact) mass is 332 g/mol.